The summed E-state index contributed by atoms with van der Waals surface area (Å²) in [5.74, 6) is 0.0154. The predicted octanol–water partition coefficient (Wildman–Crippen LogP) is 1.35. The monoisotopic (exact) mass is 226 g/mol. The summed E-state index contributed by atoms with van der Waals surface area (Å²) in [6.45, 7) is 4.08. The molecule has 0 N–H and O–H groups in total. The molecule has 0 radical (unpaired) electrons. The molecule has 1 aliphatic rings. The van der Waals surface area contributed by atoms with Gasteiger partial charge in [-0.1, -0.05) is 0 Å². The van der Waals surface area contributed by atoms with Crippen molar-refractivity contribution < 1.29 is 9.53 Å². The van der Waals surface area contributed by atoms with E-state index in [0.29, 0.717) is 5.69 Å². The number of hydrogen-bond donors (Lipinski definition) is 0. The molecule has 1 fully saturated rings. The highest BCUT2D eigenvalue weighted by Gasteiger charge is 2.22. The molecule has 1 atom stereocenters. The van der Waals surface area contributed by atoms with E-state index in [1.54, 1.807) is 5.38 Å². The second-order valence-corrected chi connectivity index (χ2v) is 4.64. The highest BCUT2D eigenvalue weighted by molar-refractivity contribution is 7.09. The molecule has 0 spiro atoms. The molecule has 1 aromatic rings. The van der Waals surface area contributed by atoms with Crippen LogP contribution in [0.3, 0.4) is 0 Å². The van der Waals surface area contributed by atoms with Crippen LogP contribution in [0.25, 0.3) is 0 Å². The summed E-state index contributed by atoms with van der Waals surface area (Å²) >= 11 is 1.50. The lowest BCUT2D eigenvalue weighted by Crippen LogP contribution is -2.35. The van der Waals surface area contributed by atoms with Gasteiger partial charge in [-0.2, -0.15) is 0 Å². The number of Topliss-reactive ketones (excluding diaryl/α,β-unsaturated/α-hetero) is 1. The van der Waals surface area contributed by atoms with E-state index in [9.17, 15) is 4.79 Å². The Morgan fingerprint density at radius 3 is 3.13 bits per heavy atom. The summed E-state index contributed by atoms with van der Waals surface area (Å²) < 4.78 is 5.62. The van der Waals surface area contributed by atoms with Gasteiger partial charge in [0.15, 0.2) is 5.78 Å². The first kappa shape index (κ1) is 10.7. The van der Waals surface area contributed by atoms with Crippen molar-refractivity contribution in [2.75, 3.05) is 26.7 Å². The normalized spacial score (nSPS) is 22.9. The van der Waals surface area contributed by atoms with Gasteiger partial charge in [0, 0.05) is 25.4 Å². The highest BCUT2D eigenvalue weighted by atomic mass is 32.1. The standard InChI is InChI=1S/C10H14N2O2S/c1-7(13)8-6-15-10(11-8)9-5-12(2)3-4-14-9/h6,9H,3-5H2,1-2H3. The first-order valence-electron chi connectivity index (χ1n) is 4.93. The fourth-order valence-corrected chi connectivity index (χ4v) is 2.42. The summed E-state index contributed by atoms with van der Waals surface area (Å²) in [5, 5.41) is 2.71. The third-order valence-corrected chi connectivity index (χ3v) is 3.36. The van der Waals surface area contributed by atoms with Crippen LogP contribution in [0.4, 0.5) is 0 Å². The summed E-state index contributed by atoms with van der Waals surface area (Å²) in [6.07, 6.45) is 0.0295. The Labute approximate surface area is 92.9 Å². The van der Waals surface area contributed by atoms with Gasteiger partial charge in [0.1, 0.15) is 16.8 Å². The second-order valence-electron chi connectivity index (χ2n) is 3.75. The molecule has 0 amide bonds. The Kier molecular flexibility index (Phi) is 3.14. The van der Waals surface area contributed by atoms with Gasteiger partial charge in [-0.05, 0) is 7.05 Å². The number of nitrogens with zero attached hydrogens (tertiary/aromatic N) is 2. The number of thiazole rings is 1. The molecule has 5 heteroatoms. The molecular formula is C10H14N2O2S. The van der Waals surface area contributed by atoms with Crippen LogP contribution in [-0.2, 0) is 4.74 Å². The summed E-state index contributed by atoms with van der Waals surface area (Å²) in [5.41, 5.74) is 0.548. The number of likely N-dealkylation sites (N-methyl/N-ethyl adjacent to an activating group) is 1. The zero-order valence-electron chi connectivity index (χ0n) is 8.90. The lowest BCUT2D eigenvalue weighted by atomic mass is 10.3. The van der Waals surface area contributed by atoms with Gasteiger partial charge in [-0.25, -0.2) is 4.98 Å². The second kappa shape index (κ2) is 4.38. The molecule has 4 nitrogen and oxygen atoms in total. The van der Waals surface area contributed by atoms with Crippen LogP contribution in [0.2, 0.25) is 0 Å². The predicted molar refractivity (Wildman–Crippen MR) is 58.3 cm³/mol. The first-order chi connectivity index (χ1) is 7.16. The van der Waals surface area contributed by atoms with Crippen molar-refractivity contribution in [2.45, 2.75) is 13.0 Å². The van der Waals surface area contributed by atoms with Crippen molar-refractivity contribution in [1.29, 1.82) is 0 Å². The van der Waals surface area contributed by atoms with Gasteiger partial charge < -0.3 is 9.64 Å². The maximum atomic E-state index is 11.1. The van der Waals surface area contributed by atoms with Crippen molar-refractivity contribution in [3.8, 4) is 0 Å². The van der Waals surface area contributed by atoms with Gasteiger partial charge in [-0.15, -0.1) is 11.3 Å². The Balaban J connectivity index is 2.11. The van der Waals surface area contributed by atoms with Gasteiger partial charge >= 0.3 is 0 Å². The third kappa shape index (κ3) is 2.42. The maximum absolute atomic E-state index is 11.1. The van der Waals surface area contributed by atoms with Crippen LogP contribution >= 0.6 is 11.3 Å². The van der Waals surface area contributed by atoms with E-state index < -0.39 is 0 Å². The Morgan fingerprint density at radius 2 is 2.53 bits per heavy atom. The van der Waals surface area contributed by atoms with Crippen molar-refractivity contribution in [2.24, 2.45) is 0 Å². The maximum Gasteiger partial charge on any atom is 0.178 e. The average Bonchev–Trinajstić information content (AvgIpc) is 2.66. The van der Waals surface area contributed by atoms with Gasteiger partial charge in [0.05, 0.1) is 6.61 Å². The number of morpholine rings is 1. The zero-order chi connectivity index (χ0) is 10.8. The Hall–Kier alpha value is -0.780. The van der Waals surface area contributed by atoms with Crippen LogP contribution in [0.15, 0.2) is 5.38 Å². The Morgan fingerprint density at radius 1 is 1.73 bits per heavy atom. The molecule has 1 aromatic heterocycles. The Bertz CT molecular complexity index is 364. The molecular weight excluding hydrogens is 212 g/mol. The molecule has 0 saturated carbocycles. The SMILES string of the molecule is CC(=O)c1csc(C2CN(C)CCO2)n1. The molecule has 15 heavy (non-hydrogen) atoms. The minimum atomic E-state index is 0.0154. The quantitative estimate of drug-likeness (QED) is 0.714. The molecule has 2 rings (SSSR count). The number of ether oxygens (including phenoxy) is 1. The van der Waals surface area contributed by atoms with Gasteiger partial charge in [-0.3, -0.25) is 4.79 Å². The van der Waals surface area contributed by atoms with Crippen LogP contribution in [0, 0.1) is 0 Å². The number of aromatic nitrogens is 1. The van der Waals surface area contributed by atoms with Crippen LogP contribution in [0.1, 0.15) is 28.5 Å². The molecule has 0 bridgehead atoms. The van der Waals surface area contributed by atoms with Crippen molar-refractivity contribution in [3.63, 3.8) is 0 Å². The van der Waals surface area contributed by atoms with E-state index in [0.717, 1.165) is 24.7 Å². The smallest absolute Gasteiger partial charge is 0.178 e. The molecule has 82 valence electrons. The lowest BCUT2D eigenvalue weighted by Gasteiger charge is -2.28. The molecule has 1 aliphatic heterocycles. The van der Waals surface area contributed by atoms with E-state index in [1.165, 1.54) is 18.3 Å². The lowest BCUT2D eigenvalue weighted by molar-refractivity contribution is -0.0210. The molecule has 2 heterocycles. The fraction of sp³-hybridized carbons (Fsp3) is 0.600. The van der Waals surface area contributed by atoms with E-state index in [1.807, 2.05) is 0 Å². The van der Waals surface area contributed by atoms with E-state index in [4.69, 9.17) is 4.74 Å². The zero-order valence-corrected chi connectivity index (χ0v) is 9.71. The largest absolute Gasteiger partial charge is 0.368 e. The topological polar surface area (TPSA) is 42.4 Å². The highest BCUT2D eigenvalue weighted by Crippen LogP contribution is 2.24. The number of rotatable bonds is 2. The van der Waals surface area contributed by atoms with E-state index in [2.05, 4.69) is 16.9 Å². The van der Waals surface area contributed by atoms with Crippen molar-refractivity contribution in [1.82, 2.24) is 9.88 Å². The summed E-state index contributed by atoms with van der Waals surface area (Å²) in [7, 11) is 2.06. The van der Waals surface area contributed by atoms with Crippen molar-refractivity contribution in [3.05, 3.63) is 16.1 Å². The third-order valence-electron chi connectivity index (χ3n) is 2.43. The summed E-state index contributed by atoms with van der Waals surface area (Å²) in [4.78, 5) is 17.6. The minimum absolute atomic E-state index is 0.0154. The van der Waals surface area contributed by atoms with E-state index in [-0.39, 0.29) is 11.9 Å². The van der Waals surface area contributed by atoms with Crippen molar-refractivity contribution >= 4 is 17.1 Å². The van der Waals surface area contributed by atoms with Crippen LogP contribution < -0.4 is 0 Å². The van der Waals surface area contributed by atoms with E-state index >= 15 is 0 Å². The van der Waals surface area contributed by atoms with Crippen LogP contribution in [-0.4, -0.2) is 42.4 Å². The number of carbonyl (C=O) groups excluding carboxylic acids is 1. The first-order valence-corrected chi connectivity index (χ1v) is 5.81. The average molecular weight is 226 g/mol. The van der Waals surface area contributed by atoms with Gasteiger partial charge in [0.25, 0.3) is 0 Å². The molecule has 0 aromatic carbocycles. The number of carbonyl (C=O) groups is 1. The minimum Gasteiger partial charge on any atom is -0.368 e. The number of hydrogen-bond acceptors (Lipinski definition) is 5. The van der Waals surface area contributed by atoms with Gasteiger partial charge in [0.2, 0.25) is 0 Å². The molecule has 0 aliphatic carbocycles. The fourth-order valence-electron chi connectivity index (χ4n) is 1.52. The number of ketones is 1. The molecule has 1 unspecified atom stereocenters. The van der Waals surface area contributed by atoms with Crippen LogP contribution in [0.5, 0.6) is 0 Å². The molecule has 1 saturated heterocycles. The summed E-state index contributed by atoms with van der Waals surface area (Å²) in [6, 6.07) is 0.